The summed E-state index contributed by atoms with van der Waals surface area (Å²) in [4.78, 5) is 30.4. The van der Waals surface area contributed by atoms with Crippen LogP contribution < -0.4 is 0 Å². The highest BCUT2D eigenvalue weighted by molar-refractivity contribution is 5.99. The second-order valence-electron chi connectivity index (χ2n) is 5.56. The molecule has 2 aromatic rings. The van der Waals surface area contributed by atoms with Crippen LogP contribution in [0.15, 0.2) is 24.5 Å². The van der Waals surface area contributed by atoms with Crippen LogP contribution in [-0.2, 0) is 11.3 Å². The van der Waals surface area contributed by atoms with Gasteiger partial charge in [0.2, 0.25) is 0 Å². The van der Waals surface area contributed by atoms with Gasteiger partial charge in [-0.05, 0) is 31.5 Å². The monoisotopic (exact) mass is 349 g/mol. The van der Waals surface area contributed by atoms with Crippen molar-refractivity contribution >= 4 is 11.9 Å². The maximum absolute atomic E-state index is 13.7. The molecule has 8 heteroatoms. The molecule has 0 radical (unpaired) electrons. The molecule has 0 aliphatic carbocycles. The van der Waals surface area contributed by atoms with Gasteiger partial charge in [-0.2, -0.15) is 0 Å². The van der Waals surface area contributed by atoms with E-state index < -0.39 is 24.4 Å². The predicted octanol–water partition coefficient (Wildman–Crippen LogP) is 2.50. The summed E-state index contributed by atoms with van der Waals surface area (Å²) in [5, 5.41) is 0. The quantitative estimate of drug-likeness (QED) is 0.778. The van der Waals surface area contributed by atoms with E-state index in [1.807, 2.05) is 0 Å². The van der Waals surface area contributed by atoms with Crippen molar-refractivity contribution in [3.8, 4) is 5.69 Å². The molecular formula is C17H17F2N3O3. The first-order valence-corrected chi connectivity index (χ1v) is 7.95. The highest BCUT2D eigenvalue weighted by Gasteiger charge is 2.30. The zero-order chi connectivity index (χ0) is 18.0. The average molecular weight is 349 g/mol. The summed E-state index contributed by atoms with van der Waals surface area (Å²) < 4.78 is 32.8. The minimum atomic E-state index is -0.597. The van der Waals surface area contributed by atoms with Crippen LogP contribution in [0.2, 0.25) is 0 Å². The lowest BCUT2D eigenvalue weighted by atomic mass is 10.1. The van der Waals surface area contributed by atoms with Crippen LogP contribution in [0.5, 0.6) is 0 Å². The first kappa shape index (κ1) is 17.1. The van der Waals surface area contributed by atoms with Crippen molar-refractivity contribution in [2.24, 2.45) is 0 Å². The molecule has 0 N–H and O–H groups in total. The van der Waals surface area contributed by atoms with Crippen LogP contribution in [0.3, 0.4) is 0 Å². The van der Waals surface area contributed by atoms with Gasteiger partial charge in [-0.25, -0.2) is 14.2 Å². The second kappa shape index (κ2) is 7.00. The Morgan fingerprint density at radius 2 is 2.20 bits per heavy atom. The summed E-state index contributed by atoms with van der Waals surface area (Å²) in [5.41, 5.74) is 1.12. The lowest BCUT2D eigenvalue weighted by molar-refractivity contribution is 0.0514. The summed E-state index contributed by atoms with van der Waals surface area (Å²) in [6, 6.07) is 3.83. The Morgan fingerprint density at radius 1 is 1.40 bits per heavy atom. The topological polar surface area (TPSA) is 64.4 Å². The minimum Gasteiger partial charge on any atom is -0.461 e. The van der Waals surface area contributed by atoms with E-state index in [1.165, 1.54) is 23.4 Å². The number of alkyl halides is 1. The molecule has 2 heterocycles. The molecule has 0 atom stereocenters. The third-order valence-corrected chi connectivity index (χ3v) is 3.97. The molecule has 0 spiro atoms. The standard InChI is InChI=1S/C17H17F2N3O3/c1-2-25-17(24)15-14-9-21(7-3-6-18)16(23)12-8-11(19)4-5-13(12)22(14)10-20-15/h4-5,8,10H,2-3,6-7,9H2,1H3. The van der Waals surface area contributed by atoms with Gasteiger partial charge in [0.05, 0.1) is 36.8 Å². The molecule has 0 bridgehead atoms. The number of hydrogen-bond acceptors (Lipinski definition) is 4. The molecule has 1 amide bonds. The molecule has 1 aromatic carbocycles. The third kappa shape index (κ3) is 3.11. The number of halogens is 2. The first-order valence-electron chi connectivity index (χ1n) is 7.95. The van der Waals surface area contributed by atoms with Crippen molar-refractivity contribution in [1.29, 1.82) is 0 Å². The number of carbonyl (C=O) groups excluding carboxylic acids is 2. The van der Waals surface area contributed by atoms with E-state index in [-0.39, 0.29) is 37.4 Å². The number of fused-ring (bicyclic) bond motifs is 3. The van der Waals surface area contributed by atoms with Crippen molar-refractivity contribution in [2.45, 2.75) is 19.9 Å². The van der Waals surface area contributed by atoms with Gasteiger partial charge in [-0.1, -0.05) is 0 Å². The van der Waals surface area contributed by atoms with E-state index in [9.17, 15) is 18.4 Å². The number of esters is 1. The SMILES string of the molecule is CCOC(=O)c1ncn2c1CN(CCCF)C(=O)c1cc(F)ccc1-2. The van der Waals surface area contributed by atoms with Gasteiger partial charge in [0.25, 0.3) is 5.91 Å². The van der Waals surface area contributed by atoms with Crippen molar-refractivity contribution < 1.29 is 23.1 Å². The van der Waals surface area contributed by atoms with Gasteiger partial charge in [-0.15, -0.1) is 0 Å². The lowest BCUT2D eigenvalue weighted by Crippen LogP contribution is -2.31. The molecule has 3 rings (SSSR count). The zero-order valence-electron chi connectivity index (χ0n) is 13.7. The number of hydrogen-bond donors (Lipinski definition) is 0. The van der Waals surface area contributed by atoms with Gasteiger partial charge < -0.3 is 9.64 Å². The predicted molar refractivity (Wildman–Crippen MR) is 84.8 cm³/mol. The van der Waals surface area contributed by atoms with E-state index >= 15 is 0 Å². The molecule has 25 heavy (non-hydrogen) atoms. The van der Waals surface area contributed by atoms with Gasteiger partial charge in [0.1, 0.15) is 12.1 Å². The maximum atomic E-state index is 13.7. The van der Waals surface area contributed by atoms with Crippen molar-refractivity contribution in [2.75, 3.05) is 19.8 Å². The van der Waals surface area contributed by atoms with Crippen LogP contribution >= 0.6 is 0 Å². The molecule has 1 aliphatic rings. The molecule has 1 aromatic heterocycles. The van der Waals surface area contributed by atoms with Crippen LogP contribution in [0.4, 0.5) is 8.78 Å². The fourth-order valence-electron chi connectivity index (χ4n) is 2.85. The third-order valence-electron chi connectivity index (χ3n) is 3.97. The fourth-order valence-corrected chi connectivity index (χ4v) is 2.85. The number of rotatable bonds is 5. The zero-order valence-corrected chi connectivity index (χ0v) is 13.7. The second-order valence-corrected chi connectivity index (χ2v) is 5.56. The van der Waals surface area contributed by atoms with Crippen molar-refractivity contribution in [1.82, 2.24) is 14.5 Å². The van der Waals surface area contributed by atoms with Crippen molar-refractivity contribution in [3.05, 3.63) is 47.3 Å². The Balaban J connectivity index is 2.13. The average Bonchev–Trinajstić information content (AvgIpc) is 2.97. The minimum absolute atomic E-state index is 0.0588. The summed E-state index contributed by atoms with van der Waals surface area (Å²) >= 11 is 0. The Kier molecular flexibility index (Phi) is 4.78. The summed E-state index contributed by atoms with van der Waals surface area (Å²) in [6.45, 7) is 1.50. The van der Waals surface area contributed by atoms with Crippen LogP contribution in [0.1, 0.15) is 39.9 Å². The molecular weight excluding hydrogens is 332 g/mol. The molecule has 0 fully saturated rings. The fraction of sp³-hybridized carbons (Fsp3) is 0.353. The van der Waals surface area contributed by atoms with Gasteiger partial charge in [0.15, 0.2) is 5.69 Å². The highest BCUT2D eigenvalue weighted by Crippen LogP contribution is 2.27. The van der Waals surface area contributed by atoms with E-state index in [2.05, 4.69) is 4.98 Å². The largest absolute Gasteiger partial charge is 0.461 e. The number of ether oxygens (including phenoxy) is 1. The summed E-state index contributed by atoms with van der Waals surface area (Å²) in [5.74, 6) is -1.56. The first-order chi connectivity index (χ1) is 12.1. The smallest absolute Gasteiger partial charge is 0.358 e. The number of aromatic nitrogens is 2. The molecule has 0 unspecified atom stereocenters. The summed E-state index contributed by atoms with van der Waals surface area (Å²) in [7, 11) is 0. The van der Waals surface area contributed by atoms with Crippen molar-refractivity contribution in [3.63, 3.8) is 0 Å². The Labute approximate surface area is 143 Å². The summed E-state index contributed by atoms with van der Waals surface area (Å²) in [6.07, 6.45) is 1.56. The number of nitrogens with zero attached hydrogens (tertiary/aromatic N) is 3. The molecule has 0 saturated heterocycles. The Hall–Kier alpha value is -2.77. The van der Waals surface area contributed by atoms with Crippen LogP contribution in [-0.4, -0.2) is 46.2 Å². The van der Waals surface area contributed by atoms with E-state index in [1.54, 1.807) is 11.5 Å². The molecule has 0 saturated carbocycles. The number of imidazole rings is 1. The number of benzene rings is 1. The Bertz CT molecular complexity index is 819. The molecule has 6 nitrogen and oxygen atoms in total. The van der Waals surface area contributed by atoms with E-state index in [0.717, 1.165) is 6.07 Å². The Morgan fingerprint density at radius 3 is 2.92 bits per heavy atom. The van der Waals surface area contributed by atoms with E-state index in [0.29, 0.717) is 11.4 Å². The maximum Gasteiger partial charge on any atom is 0.358 e. The molecule has 132 valence electrons. The van der Waals surface area contributed by atoms with Gasteiger partial charge >= 0.3 is 5.97 Å². The lowest BCUT2D eigenvalue weighted by Gasteiger charge is -2.20. The van der Waals surface area contributed by atoms with Gasteiger partial charge in [-0.3, -0.25) is 13.8 Å². The number of carbonyl (C=O) groups is 2. The highest BCUT2D eigenvalue weighted by atomic mass is 19.1. The van der Waals surface area contributed by atoms with Gasteiger partial charge in [0, 0.05) is 6.54 Å². The number of amides is 1. The van der Waals surface area contributed by atoms with E-state index in [4.69, 9.17) is 4.74 Å². The molecule has 1 aliphatic heterocycles. The van der Waals surface area contributed by atoms with Crippen LogP contribution in [0, 0.1) is 5.82 Å². The normalized spacial score (nSPS) is 13.2. The van der Waals surface area contributed by atoms with Crippen LogP contribution in [0.25, 0.3) is 5.69 Å².